The topological polar surface area (TPSA) is 54.3 Å². The fraction of sp³-hybridized carbons (Fsp3) is 0.125. The molecule has 4 rings (SSSR count). The van der Waals surface area contributed by atoms with Gasteiger partial charge < -0.3 is 4.57 Å². The van der Waals surface area contributed by atoms with Gasteiger partial charge in [-0.3, -0.25) is 19.8 Å². The van der Waals surface area contributed by atoms with Gasteiger partial charge in [-0.15, -0.1) is 0 Å². The number of benzene rings is 2. The molecule has 0 saturated carbocycles. The molecule has 33 heavy (non-hydrogen) atoms. The first-order chi connectivity index (χ1) is 15.6. The Morgan fingerprint density at radius 2 is 1.67 bits per heavy atom. The quantitative estimate of drug-likeness (QED) is 0.255. The second kappa shape index (κ2) is 8.95. The lowest BCUT2D eigenvalue weighted by atomic mass is 10.1. The summed E-state index contributed by atoms with van der Waals surface area (Å²) < 4.78 is 1.98. The first-order valence-electron chi connectivity index (χ1n) is 9.91. The van der Waals surface area contributed by atoms with E-state index in [0.29, 0.717) is 31.9 Å². The molecule has 2 aromatic carbocycles. The molecule has 5 nitrogen and oxygen atoms in total. The Hall–Kier alpha value is -2.64. The summed E-state index contributed by atoms with van der Waals surface area (Å²) >= 11 is 23.8. The number of hydrogen-bond donors (Lipinski definition) is 1. The predicted molar refractivity (Wildman–Crippen MR) is 138 cm³/mol. The maximum absolute atomic E-state index is 13.4. The fourth-order valence-electron chi connectivity index (χ4n) is 3.83. The number of nitrogens with zero attached hydrogens (tertiary/aromatic N) is 2. The third-order valence-electron chi connectivity index (χ3n) is 5.51. The van der Waals surface area contributed by atoms with Crippen molar-refractivity contribution in [1.29, 1.82) is 0 Å². The largest absolute Gasteiger partial charge is 0.318 e. The van der Waals surface area contributed by atoms with Gasteiger partial charge in [0.05, 0.1) is 15.7 Å². The second-order valence-electron chi connectivity index (χ2n) is 7.60. The number of aromatic nitrogens is 1. The van der Waals surface area contributed by atoms with E-state index in [-0.39, 0.29) is 10.7 Å². The van der Waals surface area contributed by atoms with Gasteiger partial charge in [0.2, 0.25) is 0 Å². The maximum Gasteiger partial charge on any atom is 0.270 e. The van der Waals surface area contributed by atoms with Gasteiger partial charge in [-0.05, 0) is 86.6 Å². The lowest BCUT2D eigenvalue weighted by molar-refractivity contribution is -0.122. The third kappa shape index (κ3) is 4.20. The Labute approximate surface area is 211 Å². The number of hydrogen-bond acceptors (Lipinski definition) is 3. The highest BCUT2D eigenvalue weighted by Crippen LogP contribution is 2.31. The van der Waals surface area contributed by atoms with Crippen LogP contribution in [0.5, 0.6) is 0 Å². The number of rotatable bonds is 3. The molecular weight excluding hydrogens is 501 g/mol. The van der Waals surface area contributed by atoms with Crippen molar-refractivity contribution in [1.82, 2.24) is 9.88 Å². The van der Waals surface area contributed by atoms with Crippen LogP contribution in [0, 0.1) is 20.8 Å². The van der Waals surface area contributed by atoms with Crippen LogP contribution in [0.25, 0.3) is 11.8 Å². The Balaban J connectivity index is 1.79. The van der Waals surface area contributed by atoms with Crippen LogP contribution < -0.4 is 10.2 Å². The summed E-state index contributed by atoms with van der Waals surface area (Å²) in [5, 5.41) is 4.01. The Kier molecular flexibility index (Phi) is 6.38. The number of thiocarbonyl (C=S) groups is 1. The van der Waals surface area contributed by atoms with Gasteiger partial charge in [0, 0.05) is 22.1 Å². The van der Waals surface area contributed by atoms with Gasteiger partial charge in [0.25, 0.3) is 11.8 Å². The highest BCUT2D eigenvalue weighted by Gasteiger charge is 2.35. The van der Waals surface area contributed by atoms with Crippen LogP contribution in [0.15, 0.2) is 48.0 Å². The lowest BCUT2D eigenvalue weighted by Gasteiger charge is -2.30. The summed E-state index contributed by atoms with van der Waals surface area (Å²) in [7, 11) is 0. The minimum atomic E-state index is -0.555. The summed E-state index contributed by atoms with van der Waals surface area (Å²) in [6.45, 7) is 5.62. The minimum Gasteiger partial charge on any atom is -0.318 e. The van der Waals surface area contributed by atoms with Crippen LogP contribution in [0.1, 0.15) is 22.5 Å². The van der Waals surface area contributed by atoms with Crippen molar-refractivity contribution >= 4 is 75.7 Å². The third-order valence-corrected chi connectivity index (χ3v) is 6.95. The first-order valence-corrected chi connectivity index (χ1v) is 11.4. The lowest BCUT2D eigenvalue weighted by Crippen LogP contribution is -2.54. The van der Waals surface area contributed by atoms with Gasteiger partial charge in [-0.25, -0.2) is 0 Å². The molecule has 1 aliphatic rings. The van der Waals surface area contributed by atoms with E-state index >= 15 is 0 Å². The molecule has 1 N–H and O–H groups in total. The average Bonchev–Trinajstić information content (AvgIpc) is 3.03. The Morgan fingerprint density at radius 1 is 0.939 bits per heavy atom. The molecule has 1 aliphatic heterocycles. The van der Waals surface area contributed by atoms with E-state index in [0.717, 1.165) is 17.1 Å². The normalized spacial score (nSPS) is 15.4. The molecule has 0 atom stereocenters. The number of aryl methyl sites for hydroxylation is 1. The van der Waals surface area contributed by atoms with Crippen molar-refractivity contribution in [3.8, 4) is 5.69 Å². The van der Waals surface area contributed by atoms with Crippen molar-refractivity contribution in [2.24, 2.45) is 0 Å². The van der Waals surface area contributed by atoms with Crippen LogP contribution >= 0.6 is 47.0 Å². The zero-order valence-electron chi connectivity index (χ0n) is 17.9. The van der Waals surface area contributed by atoms with Gasteiger partial charge in [-0.1, -0.05) is 40.9 Å². The standard InChI is InChI=1S/C24H18Cl3N3O2S/c1-12-9-15(14(3)29(12)16-7-8-19(26)20(27)11-16)10-17-22(31)28-24(33)30(23(17)32)21-6-4-5-18(25)13(21)2/h4-11H,1-3H3,(H,28,31,33)/b17-10-. The SMILES string of the molecule is Cc1c(Cl)cccc1N1C(=O)/C(=C\c2cc(C)n(-c3ccc(Cl)c(Cl)c3)c2C)C(=O)NC1=S. The van der Waals surface area contributed by atoms with Gasteiger partial charge in [0.15, 0.2) is 5.11 Å². The number of carbonyl (C=O) groups excluding carboxylic acids is 2. The van der Waals surface area contributed by atoms with Gasteiger partial charge in [-0.2, -0.15) is 0 Å². The molecular formula is C24H18Cl3N3O2S. The van der Waals surface area contributed by atoms with Crippen molar-refractivity contribution in [2.75, 3.05) is 4.90 Å². The molecule has 0 aliphatic carbocycles. The maximum atomic E-state index is 13.4. The summed E-state index contributed by atoms with van der Waals surface area (Å²) in [5.74, 6) is -1.08. The monoisotopic (exact) mass is 517 g/mol. The molecule has 2 heterocycles. The van der Waals surface area contributed by atoms with Crippen LogP contribution in [-0.4, -0.2) is 21.5 Å². The Bertz CT molecular complexity index is 1380. The number of nitrogens with one attached hydrogen (secondary N) is 1. The van der Waals surface area contributed by atoms with E-state index in [4.69, 9.17) is 47.0 Å². The van der Waals surface area contributed by atoms with Gasteiger partial charge in [0.1, 0.15) is 5.57 Å². The van der Waals surface area contributed by atoms with Crippen molar-refractivity contribution < 1.29 is 9.59 Å². The molecule has 3 aromatic rings. The number of carbonyl (C=O) groups is 2. The van der Waals surface area contributed by atoms with Gasteiger partial charge >= 0.3 is 0 Å². The van der Waals surface area contributed by atoms with Crippen molar-refractivity contribution in [2.45, 2.75) is 20.8 Å². The van der Waals surface area contributed by atoms with E-state index < -0.39 is 11.8 Å². The predicted octanol–water partition coefficient (Wildman–Crippen LogP) is 6.19. The summed E-state index contributed by atoms with van der Waals surface area (Å²) in [4.78, 5) is 27.4. The summed E-state index contributed by atoms with van der Waals surface area (Å²) in [6, 6.07) is 12.4. The number of amides is 2. The van der Waals surface area contributed by atoms with Crippen LogP contribution in [0.4, 0.5) is 5.69 Å². The molecule has 9 heteroatoms. The smallest absolute Gasteiger partial charge is 0.270 e. The molecule has 0 spiro atoms. The first kappa shape index (κ1) is 23.5. The van der Waals surface area contributed by atoms with E-state index in [2.05, 4.69) is 5.32 Å². The van der Waals surface area contributed by atoms with E-state index in [1.165, 1.54) is 4.90 Å². The van der Waals surface area contributed by atoms with E-state index in [1.54, 1.807) is 43.3 Å². The molecule has 1 aromatic heterocycles. The molecule has 1 saturated heterocycles. The minimum absolute atomic E-state index is 0.00814. The second-order valence-corrected chi connectivity index (χ2v) is 9.21. The van der Waals surface area contributed by atoms with Crippen LogP contribution in [-0.2, 0) is 9.59 Å². The molecule has 1 fully saturated rings. The molecule has 0 unspecified atom stereocenters. The zero-order valence-corrected chi connectivity index (χ0v) is 21.0. The Morgan fingerprint density at radius 3 is 2.36 bits per heavy atom. The average molecular weight is 519 g/mol. The summed E-state index contributed by atoms with van der Waals surface area (Å²) in [5.41, 5.74) is 4.44. The molecule has 0 radical (unpaired) electrons. The number of halogens is 3. The molecule has 2 amide bonds. The summed E-state index contributed by atoms with van der Waals surface area (Å²) in [6.07, 6.45) is 1.57. The van der Waals surface area contributed by atoms with Crippen LogP contribution in [0.3, 0.4) is 0 Å². The fourth-order valence-corrected chi connectivity index (χ4v) is 4.56. The van der Waals surface area contributed by atoms with Crippen LogP contribution in [0.2, 0.25) is 15.1 Å². The van der Waals surface area contributed by atoms with Crippen molar-refractivity contribution in [3.05, 3.63) is 85.6 Å². The van der Waals surface area contributed by atoms with E-state index in [9.17, 15) is 9.59 Å². The number of anilines is 1. The molecule has 168 valence electrons. The van der Waals surface area contributed by atoms with Crippen molar-refractivity contribution in [3.63, 3.8) is 0 Å². The molecule has 0 bridgehead atoms. The van der Waals surface area contributed by atoms with E-state index in [1.807, 2.05) is 30.5 Å². The highest BCUT2D eigenvalue weighted by atomic mass is 35.5. The highest BCUT2D eigenvalue weighted by molar-refractivity contribution is 7.80. The zero-order chi connectivity index (χ0) is 24.0.